The number of hydrogen-bond donors (Lipinski definition) is 1. The van der Waals surface area contributed by atoms with Crippen molar-refractivity contribution < 1.29 is 4.74 Å². The van der Waals surface area contributed by atoms with E-state index in [9.17, 15) is 0 Å². The fourth-order valence-electron chi connectivity index (χ4n) is 2.77. The van der Waals surface area contributed by atoms with Crippen molar-refractivity contribution in [2.75, 3.05) is 11.9 Å². The van der Waals surface area contributed by atoms with Crippen LogP contribution >= 0.6 is 0 Å². The highest BCUT2D eigenvalue weighted by atomic mass is 16.5. The number of aromatic nitrogens is 2. The van der Waals surface area contributed by atoms with Gasteiger partial charge in [-0.2, -0.15) is 10.2 Å². The molecule has 2 aromatic rings. The quantitative estimate of drug-likeness (QED) is 0.884. The zero-order valence-electron chi connectivity index (χ0n) is 13.0. The molecule has 0 amide bonds. The molecule has 1 saturated carbocycles. The summed E-state index contributed by atoms with van der Waals surface area (Å²) in [7, 11) is 0. The molecule has 3 rings (SSSR count). The van der Waals surface area contributed by atoms with Gasteiger partial charge in [0.05, 0.1) is 30.6 Å². The van der Waals surface area contributed by atoms with Crippen molar-refractivity contribution in [3.8, 4) is 11.9 Å². The van der Waals surface area contributed by atoms with Crippen LogP contribution in [-0.2, 0) is 6.54 Å². The number of hydrogen-bond acceptors (Lipinski definition) is 5. The summed E-state index contributed by atoms with van der Waals surface area (Å²) in [5.41, 5.74) is 1.75. The monoisotopic (exact) mass is 308 g/mol. The largest absolute Gasteiger partial charge is 0.476 e. The highest BCUT2D eigenvalue weighted by Gasteiger charge is 2.15. The number of anilines is 1. The normalized spacial score (nSPS) is 14.4. The van der Waals surface area contributed by atoms with Crippen LogP contribution in [0.15, 0.2) is 36.7 Å². The molecule has 1 heterocycles. The minimum absolute atomic E-state index is 0.571. The molecule has 0 bridgehead atoms. The lowest BCUT2D eigenvalue weighted by atomic mass is 10.1. The number of nitrogens with zero attached hydrogens (tertiary/aromatic N) is 3. The van der Waals surface area contributed by atoms with E-state index in [0.29, 0.717) is 29.7 Å². The van der Waals surface area contributed by atoms with Crippen LogP contribution in [0.4, 0.5) is 5.82 Å². The summed E-state index contributed by atoms with van der Waals surface area (Å²) in [5.74, 6) is 1.92. The molecule has 0 aliphatic heterocycles. The molecule has 5 nitrogen and oxygen atoms in total. The zero-order valence-corrected chi connectivity index (χ0v) is 13.0. The minimum atomic E-state index is 0.571. The summed E-state index contributed by atoms with van der Waals surface area (Å²) >= 11 is 0. The van der Waals surface area contributed by atoms with E-state index < -0.39 is 0 Å². The Bertz CT molecular complexity index is 672. The van der Waals surface area contributed by atoms with Crippen molar-refractivity contribution in [2.24, 2.45) is 5.92 Å². The van der Waals surface area contributed by atoms with Gasteiger partial charge in [-0.25, -0.2) is 0 Å². The van der Waals surface area contributed by atoms with Crippen molar-refractivity contribution in [2.45, 2.75) is 32.2 Å². The first kappa shape index (κ1) is 15.3. The second-order valence-corrected chi connectivity index (χ2v) is 5.87. The Morgan fingerprint density at radius 1 is 1.17 bits per heavy atom. The van der Waals surface area contributed by atoms with Crippen LogP contribution in [0.3, 0.4) is 0 Å². The fourth-order valence-corrected chi connectivity index (χ4v) is 2.77. The van der Waals surface area contributed by atoms with Crippen LogP contribution < -0.4 is 10.1 Å². The molecule has 1 aliphatic carbocycles. The van der Waals surface area contributed by atoms with Gasteiger partial charge < -0.3 is 10.1 Å². The molecule has 1 aliphatic rings. The van der Waals surface area contributed by atoms with Crippen LogP contribution in [-0.4, -0.2) is 16.6 Å². The van der Waals surface area contributed by atoms with E-state index in [1.54, 1.807) is 12.4 Å². The Hall–Kier alpha value is -2.61. The van der Waals surface area contributed by atoms with Crippen LogP contribution in [0.5, 0.6) is 5.88 Å². The van der Waals surface area contributed by atoms with Gasteiger partial charge in [0.25, 0.3) is 0 Å². The second-order valence-electron chi connectivity index (χ2n) is 5.87. The first-order valence-corrected chi connectivity index (χ1v) is 8.01. The van der Waals surface area contributed by atoms with Crippen molar-refractivity contribution in [1.29, 1.82) is 5.26 Å². The molecular formula is C18H20N4O. The van der Waals surface area contributed by atoms with E-state index in [-0.39, 0.29) is 0 Å². The van der Waals surface area contributed by atoms with E-state index in [4.69, 9.17) is 10.00 Å². The predicted octanol–water partition coefficient (Wildman–Crippen LogP) is 3.53. The van der Waals surface area contributed by atoms with E-state index in [1.807, 2.05) is 24.3 Å². The molecule has 23 heavy (non-hydrogen) atoms. The summed E-state index contributed by atoms with van der Waals surface area (Å²) in [5, 5.41) is 12.0. The van der Waals surface area contributed by atoms with E-state index >= 15 is 0 Å². The maximum atomic E-state index is 8.80. The van der Waals surface area contributed by atoms with Crippen molar-refractivity contribution in [3.63, 3.8) is 0 Å². The van der Waals surface area contributed by atoms with E-state index in [0.717, 1.165) is 12.2 Å². The fraction of sp³-hybridized carbons (Fsp3) is 0.389. The highest BCUT2D eigenvalue weighted by molar-refractivity contribution is 5.37. The maximum absolute atomic E-state index is 8.80. The first-order chi connectivity index (χ1) is 11.3. The Balaban J connectivity index is 1.53. The standard InChI is InChI=1S/C18H20N4O/c19-9-14-5-7-15(8-6-14)10-21-17-11-20-12-18(22-17)23-13-16-3-1-2-4-16/h5-8,11-12,16H,1-4,10,13H2,(H,21,22). The Morgan fingerprint density at radius 3 is 2.70 bits per heavy atom. The van der Waals surface area contributed by atoms with Crippen LogP contribution in [0.2, 0.25) is 0 Å². The molecule has 1 fully saturated rings. The summed E-state index contributed by atoms with van der Waals surface area (Å²) in [6.07, 6.45) is 8.47. The molecule has 118 valence electrons. The summed E-state index contributed by atoms with van der Waals surface area (Å²) in [6.45, 7) is 1.36. The lowest BCUT2D eigenvalue weighted by Crippen LogP contribution is -2.10. The van der Waals surface area contributed by atoms with Crippen molar-refractivity contribution >= 4 is 5.82 Å². The van der Waals surface area contributed by atoms with E-state index in [1.165, 1.54) is 25.7 Å². The third-order valence-corrected chi connectivity index (χ3v) is 4.11. The van der Waals surface area contributed by atoms with Gasteiger partial charge in [0.15, 0.2) is 0 Å². The van der Waals surface area contributed by atoms with Crippen LogP contribution in [0.1, 0.15) is 36.8 Å². The molecule has 1 aromatic carbocycles. The van der Waals surface area contributed by atoms with Crippen molar-refractivity contribution in [1.82, 2.24) is 9.97 Å². The first-order valence-electron chi connectivity index (χ1n) is 8.01. The topological polar surface area (TPSA) is 70.8 Å². The predicted molar refractivity (Wildman–Crippen MR) is 88.0 cm³/mol. The Labute approximate surface area is 136 Å². The van der Waals surface area contributed by atoms with Gasteiger partial charge >= 0.3 is 0 Å². The molecule has 0 spiro atoms. The van der Waals surface area contributed by atoms with Gasteiger partial charge in [-0.1, -0.05) is 25.0 Å². The average Bonchev–Trinajstić information content (AvgIpc) is 3.12. The highest BCUT2D eigenvalue weighted by Crippen LogP contribution is 2.25. The Kier molecular flexibility index (Phi) is 5.05. The number of rotatable bonds is 6. The third-order valence-electron chi connectivity index (χ3n) is 4.11. The summed E-state index contributed by atoms with van der Waals surface area (Å²) < 4.78 is 5.76. The van der Waals surface area contributed by atoms with Gasteiger partial charge in [-0.3, -0.25) is 4.98 Å². The molecular weight excluding hydrogens is 288 g/mol. The number of benzene rings is 1. The SMILES string of the molecule is N#Cc1ccc(CNc2cncc(OCC3CCCC3)n2)cc1. The van der Waals surface area contributed by atoms with Gasteiger partial charge in [0, 0.05) is 6.54 Å². The summed E-state index contributed by atoms with van der Waals surface area (Å²) in [6, 6.07) is 9.59. The number of nitriles is 1. The molecule has 5 heteroatoms. The Morgan fingerprint density at radius 2 is 1.96 bits per heavy atom. The lowest BCUT2D eigenvalue weighted by molar-refractivity contribution is 0.243. The van der Waals surface area contributed by atoms with Crippen molar-refractivity contribution in [3.05, 3.63) is 47.8 Å². The zero-order chi connectivity index (χ0) is 15.9. The van der Waals surface area contributed by atoms with E-state index in [2.05, 4.69) is 21.4 Å². The average molecular weight is 308 g/mol. The van der Waals surface area contributed by atoms with Gasteiger partial charge in [0.1, 0.15) is 5.82 Å². The number of nitrogens with one attached hydrogen (secondary N) is 1. The lowest BCUT2D eigenvalue weighted by Gasteiger charge is -2.11. The molecule has 1 aromatic heterocycles. The molecule has 0 radical (unpaired) electrons. The van der Waals surface area contributed by atoms with Crippen LogP contribution in [0.25, 0.3) is 0 Å². The summed E-state index contributed by atoms with van der Waals surface area (Å²) in [4.78, 5) is 8.61. The third kappa shape index (κ3) is 4.43. The number of ether oxygens (including phenoxy) is 1. The van der Waals surface area contributed by atoms with Crippen LogP contribution in [0, 0.1) is 17.2 Å². The molecule has 0 unspecified atom stereocenters. The molecule has 1 N–H and O–H groups in total. The van der Waals surface area contributed by atoms with Gasteiger partial charge in [0.2, 0.25) is 5.88 Å². The minimum Gasteiger partial charge on any atom is -0.476 e. The maximum Gasteiger partial charge on any atom is 0.234 e. The van der Waals surface area contributed by atoms with Gasteiger partial charge in [-0.05, 0) is 36.5 Å². The smallest absolute Gasteiger partial charge is 0.234 e. The molecule has 0 atom stereocenters. The molecule has 0 saturated heterocycles. The second kappa shape index (κ2) is 7.59. The van der Waals surface area contributed by atoms with Gasteiger partial charge in [-0.15, -0.1) is 0 Å².